The molecule has 1 aliphatic carbocycles. The topological polar surface area (TPSA) is 102 Å². The number of carbonyl (C=O) groups is 1. The molecule has 7 heteroatoms. The Labute approximate surface area is 148 Å². The molecule has 4 rings (SSSR count). The summed E-state index contributed by atoms with van der Waals surface area (Å²) in [6.45, 7) is 0. The summed E-state index contributed by atoms with van der Waals surface area (Å²) in [6, 6.07) is 7.04. The molecule has 1 amide bonds. The van der Waals surface area contributed by atoms with Gasteiger partial charge in [0, 0.05) is 11.1 Å². The molecule has 1 aliphatic rings. The van der Waals surface area contributed by atoms with E-state index >= 15 is 0 Å². The van der Waals surface area contributed by atoms with Crippen LogP contribution >= 0.6 is 23.7 Å². The number of hydrogen-bond donors (Lipinski definition) is 3. The lowest BCUT2D eigenvalue weighted by molar-refractivity contribution is 0.100. The summed E-state index contributed by atoms with van der Waals surface area (Å²) < 4.78 is 0. The van der Waals surface area contributed by atoms with Crippen molar-refractivity contribution in [2.75, 3.05) is 5.73 Å². The van der Waals surface area contributed by atoms with Gasteiger partial charge in [-0.3, -0.25) is 4.79 Å². The predicted octanol–water partition coefficient (Wildman–Crippen LogP) is 3.26. The van der Waals surface area contributed by atoms with Crippen LogP contribution < -0.4 is 11.5 Å². The number of anilines is 1. The highest BCUT2D eigenvalue weighted by atomic mass is 35.5. The minimum Gasteiger partial charge on any atom is -0.508 e. The molecule has 0 fully saturated rings. The lowest BCUT2D eigenvalue weighted by Crippen LogP contribution is -2.10. The second-order valence-electron chi connectivity index (χ2n) is 5.70. The summed E-state index contributed by atoms with van der Waals surface area (Å²) in [5.74, 6) is -0.311. The number of aromatic hydroxyl groups is 1. The largest absolute Gasteiger partial charge is 0.508 e. The summed E-state index contributed by atoms with van der Waals surface area (Å²) in [6.07, 6.45) is 2.93. The minimum atomic E-state index is -0.526. The smallest absolute Gasteiger partial charge is 0.260 e. The number of pyridine rings is 1. The number of rotatable bonds is 2. The molecule has 124 valence electrons. The summed E-state index contributed by atoms with van der Waals surface area (Å²) in [4.78, 5) is 17.4. The molecule has 0 saturated heterocycles. The van der Waals surface area contributed by atoms with Gasteiger partial charge in [0.1, 0.15) is 15.5 Å². The Kier molecular flexibility index (Phi) is 4.11. The zero-order valence-electron chi connectivity index (χ0n) is 12.7. The number of thiophene rings is 1. The van der Waals surface area contributed by atoms with Crippen molar-refractivity contribution in [1.82, 2.24) is 4.98 Å². The molecule has 3 aromatic rings. The van der Waals surface area contributed by atoms with Crippen LogP contribution in [0.1, 0.15) is 27.3 Å². The van der Waals surface area contributed by atoms with Crippen LogP contribution in [0.2, 0.25) is 0 Å². The van der Waals surface area contributed by atoms with E-state index in [9.17, 15) is 9.90 Å². The van der Waals surface area contributed by atoms with Crippen molar-refractivity contribution in [3.63, 3.8) is 0 Å². The van der Waals surface area contributed by atoms with Gasteiger partial charge in [-0.05, 0) is 48.1 Å². The van der Waals surface area contributed by atoms with E-state index in [0.29, 0.717) is 10.6 Å². The van der Waals surface area contributed by atoms with Crippen LogP contribution in [0.5, 0.6) is 5.75 Å². The van der Waals surface area contributed by atoms with Crippen LogP contribution in [0.25, 0.3) is 21.3 Å². The first kappa shape index (κ1) is 16.5. The highest BCUT2D eigenvalue weighted by Gasteiger charge is 2.25. The quantitative estimate of drug-likeness (QED) is 0.651. The summed E-state index contributed by atoms with van der Waals surface area (Å²) >= 11 is 1.25. The van der Waals surface area contributed by atoms with Crippen LogP contribution in [0.4, 0.5) is 5.69 Å². The van der Waals surface area contributed by atoms with Crippen LogP contribution in [-0.2, 0) is 12.8 Å². The van der Waals surface area contributed by atoms with Crippen molar-refractivity contribution < 1.29 is 9.90 Å². The summed E-state index contributed by atoms with van der Waals surface area (Å²) in [5, 5.41) is 10.3. The maximum Gasteiger partial charge on any atom is 0.260 e. The average Bonchev–Trinajstić information content (AvgIpc) is 3.11. The molecule has 0 unspecified atom stereocenters. The normalized spacial score (nSPS) is 12.8. The summed E-state index contributed by atoms with van der Waals surface area (Å²) in [5.41, 5.74) is 16.3. The first-order chi connectivity index (χ1) is 11.1. The number of aromatic nitrogens is 1. The van der Waals surface area contributed by atoms with Gasteiger partial charge in [-0.15, -0.1) is 23.7 Å². The molecule has 0 aliphatic heterocycles. The van der Waals surface area contributed by atoms with Gasteiger partial charge in [-0.25, -0.2) is 4.98 Å². The molecular formula is C17H16ClN3O2S. The van der Waals surface area contributed by atoms with E-state index < -0.39 is 5.91 Å². The highest BCUT2D eigenvalue weighted by molar-refractivity contribution is 7.21. The molecule has 0 saturated carbocycles. The number of nitrogens with zero attached hydrogens (tertiary/aromatic N) is 1. The molecular weight excluding hydrogens is 346 g/mol. The van der Waals surface area contributed by atoms with Gasteiger partial charge in [0.05, 0.1) is 5.69 Å². The second-order valence-corrected chi connectivity index (χ2v) is 6.70. The molecule has 2 aromatic heterocycles. The Balaban J connectivity index is 0.00000169. The van der Waals surface area contributed by atoms with Gasteiger partial charge in [-0.1, -0.05) is 12.1 Å². The lowest BCUT2D eigenvalue weighted by atomic mass is 9.96. The number of halogens is 1. The number of phenols is 1. The number of fused-ring (bicyclic) bond motifs is 2. The number of carbonyl (C=O) groups excluding carboxylic acids is 1. The molecule has 24 heavy (non-hydrogen) atoms. The monoisotopic (exact) mass is 361 g/mol. The van der Waals surface area contributed by atoms with Crippen LogP contribution in [-0.4, -0.2) is 16.0 Å². The number of aryl methyl sites for hydroxylation is 1. The molecule has 5 N–H and O–H groups in total. The fourth-order valence-electron chi connectivity index (χ4n) is 3.28. The van der Waals surface area contributed by atoms with Crippen molar-refractivity contribution >= 4 is 45.6 Å². The van der Waals surface area contributed by atoms with E-state index in [1.807, 2.05) is 12.1 Å². The molecule has 0 atom stereocenters. The molecule has 5 nitrogen and oxygen atoms in total. The number of amides is 1. The first-order valence-corrected chi connectivity index (χ1v) is 8.21. The zero-order valence-corrected chi connectivity index (χ0v) is 14.3. The molecule has 0 radical (unpaired) electrons. The maximum atomic E-state index is 11.6. The number of nitrogens with two attached hydrogens (primary N) is 2. The maximum absolute atomic E-state index is 11.6. The lowest BCUT2D eigenvalue weighted by Gasteiger charge is -2.11. The fraction of sp³-hybridized carbons (Fsp3) is 0.176. The van der Waals surface area contributed by atoms with Crippen molar-refractivity contribution in [2.45, 2.75) is 19.3 Å². The molecule has 0 spiro atoms. The van der Waals surface area contributed by atoms with Crippen molar-refractivity contribution in [3.8, 4) is 16.9 Å². The molecule has 0 bridgehead atoms. The zero-order chi connectivity index (χ0) is 16.1. The van der Waals surface area contributed by atoms with Gasteiger partial charge in [0.25, 0.3) is 5.91 Å². The number of benzene rings is 1. The minimum absolute atomic E-state index is 0. The standard InChI is InChI=1S/C17H15N3O2S.ClH/c18-14-13-12(8-4-6-9(21)7-5-8)10-2-1-3-11(10)20-17(13)23-15(14)16(19)22;/h4-7,21H,1-3,18H2,(H2,19,22);1H. The molecule has 2 heterocycles. The first-order valence-electron chi connectivity index (χ1n) is 7.39. The van der Waals surface area contributed by atoms with Crippen molar-refractivity contribution in [1.29, 1.82) is 0 Å². The third-order valence-corrected chi connectivity index (χ3v) is 5.40. The average molecular weight is 362 g/mol. The van der Waals surface area contributed by atoms with Gasteiger partial charge < -0.3 is 16.6 Å². The van der Waals surface area contributed by atoms with E-state index in [2.05, 4.69) is 0 Å². The van der Waals surface area contributed by atoms with Crippen molar-refractivity contribution in [3.05, 3.63) is 40.4 Å². The SMILES string of the molecule is Cl.NC(=O)c1sc2nc3c(c(-c4ccc(O)cc4)c2c1N)CCC3. The molecule has 1 aromatic carbocycles. The van der Waals surface area contributed by atoms with Crippen LogP contribution in [0.15, 0.2) is 24.3 Å². The number of phenolic OH excluding ortho intramolecular Hbond substituents is 1. The van der Waals surface area contributed by atoms with Crippen LogP contribution in [0, 0.1) is 0 Å². The van der Waals surface area contributed by atoms with E-state index in [1.165, 1.54) is 16.9 Å². The van der Waals surface area contributed by atoms with E-state index in [1.54, 1.807) is 12.1 Å². The number of primary amides is 1. The fourth-order valence-corrected chi connectivity index (χ4v) is 4.25. The Bertz CT molecular complexity index is 951. The highest BCUT2D eigenvalue weighted by Crippen LogP contribution is 2.44. The number of nitrogen functional groups attached to an aromatic ring is 1. The van der Waals surface area contributed by atoms with Gasteiger partial charge in [-0.2, -0.15) is 0 Å². The second kappa shape index (κ2) is 5.96. The van der Waals surface area contributed by atoms with E-state index in [0.717, 1.165) is 46.3 Å². The number of hydrogen-bond acceptors (Lipinski definition) is 5. The summed E-state index contributed by atoms with van der Waals surface area (Å²) in [7, 11) is 0. The third-order valence-electron chi connectivity index (χ3n) is 4.28. The van der Waals surface area contributed by atoms with E-state index in [-0.39, 0.29) is 18.2 Å². The van der Waals surface area contributed by atoms with Gasteiger partial charge in [0.15, 0.2) is 0 Å². The third kappa shape index (κ3) is 2.39. The van der Waals surface area contributed by atoms with Crippen LogP contribution in [0.3, 0.4) is 0 Å². The van der Waals surface area contributed by atoms with Gasteiger partial charge in [0.2, 0.25) is 0 Å². The van der Waals surface area contributed by atoms with Crippen molar-refractivity contribution in [2.24, 2.45) is 5.73 Å². The Hall–Kier alpha value is -2.31. The Morgan fingerprint density at radius 3 is 2.58 bits per heavy atom. The Morgan fingerprint density at radius 1 is 1.21 bits per heavy atom. The van der Waals surface area contributed by atoms with E-state index in [4.69, 9.17) is 16.5 Å². The Morgan fingerprint density at radius 2 is 1.92 bits per heavy atom. The predicted molar refractivity (Wildman–Crippen MR) is 98.9 cm³/mol. The van der Waals surface area contributed by atoms with Gasteiger partial charge >= 0.3 is 0 Å².